The molecule has 1 aliphatic heterocycles. The lowest BCUT2D eigenvalue weighted by molar-refractivity contribution is -0.135. The van der Waals surface area contributed by atoms with E-state index in [9.17, 15) is 9.59 Å². The summed E-state index contributed by atoms with van der Waals surface area (Å²) in [6.07, 6.45) is 5.14. The molecule has 0 aromatic carbocycles. The fourth-order valence-electron chi connectivity index (χ4n) is 3.91. The average molecular weight is 295 g/mol. The van der Waals surface area contributed by atoms with E-state index in [1.165, 1.54) is 12.8 Å². The van der Waals surface area contributed by atoms with Gasteiger partial charge in [0.05, 0.1) is 11.8 Å². The molecule has 2 atom stereocenters. The maximum absolute atomic E-state index is 12.4. The van der Waals surface area contributed by atoms with E-state index >= 15 is 0 Å². The quantitative estimate of drug-likeness (QED) is 0.799. The van der Waals surface area contributed by atoms with Crippen LogP contribution in [0.5, 0.6) is 0 Å². The van der Waals surface area contributed by atoms with Crippen molar-refractivity contribution in [1.29, 1.82) is 0 Å². The molecule has 1 saturated heterocycles. The predicted molar refractivity (Wildman–Crippen MR) is 82.8 cm³/mol. The molecule has 5 nitrogen and oxygen atoms in total. The SMILES string of the molecule is CCNC(=O)C1CCCC(C(=O)NCC)C1N1CCCC1. The van der Waals surface area contributed by atoms with E-state index in [1.54, 1.807) is 0 Å². The zero-order chi connectivity index (χ0) is 15.2. The molecule has 0 aromatic heterocycles. The van der Waals surface area contributed by atoms with E-state index in [4.69, 9.17) is 0 Å². The zero-order valence-corrected chi connectivity index (χ0v) is 13.4. The van der Waals surface area contributed by atoms with Gasteiger partial charge < -0.3 is 10.6 Å². The van der Waals surface area contributed by atoms with Gasteiger partial charge >= 0.3 is 0 Å². The van der Waals surface area contributed by atoms with Gasteiger partial charge in [-0.3, -0.25) is 14.5 Å². The van der Waals surface area contributed by atoms with Crippen molar-refractivity contribution in [1.82, 2.24) is 15.5 Å². The summed E-state index contributed by atoms with van der Waals surface area (Å²) in [6.45, 7) is 7.27. The average Bonchev–Trinajstić information content (AvgIpc) is 3.01. The van der Waals surface area contributed by atoms with Crippen molar-refractivity contribution in [3.8, 4) is 0 Å². The zero-order valence-electron chi connectivity index (χ0n) is 13.4. The van der Waals surface area contributed by atoms with E-state index in [2.05, 4.69) is 15.5 Å². The molecular formula is C16H29N3O2. The van der Waals surface area contributed by atoms with E-state index < -0.39 is 0 Å². The molecule has 2 rings (SSSR count). The summed E-state index contributed by atoms with van der Waals surface area (Å²) < 4.78 is 0. The summed E-state index contributed by atoms with van der Waals surface area (Å²) in [5, 5.41) is 5.93. The highest BCUT2D eigenvalue weighted by atomic mass is 16.2. The standard InChI is InChI=1S/C16H29N3O2/c1-3-17-15(20)12-8-7-9-13(16(21)18-4-2)14(12)19-10-5-6-11-19/h12-14H,3-11H2,1-2H3,(H,17,20)(H,18,21). The molecule has 2 aliphatic rings. The highest BCUT2D eigenvalue weighted by Gasteiger charge is 2.44. The lowest BCUT2D eigenvalue weighted by Crippen LogP contribution is -2.55. The van der Waals surface area contributed by atoms with Crippen LogP contribution in [-0.2, 0) is 9.59 Å². The monoisotopic (exact) mass is 295 g/mol. The second kappa shape index (κ2) is 7.78. The Labute approximate surface area is 127 Å². The number of rotatable bonds is 5. The van der Waals surface area contributed by atoms with Crippen LogP contribution in [-0.4, -0.2) is 48.9 Å². The first-order chi connectivity index (χ1) is 10.2. The number of hydrogen-bond acceptors (Lipinski definition) is 3. The molecule has 2 N–H and O–H groups in total. The van der Waals surface area contributed by atoms with Crippen LogP contribution in [0.3, 0.4) is 0 Å². The summed E-state index contributed by atoms with van der Waals surface area (Å²) in [5.41, 5.74) is 0. The van der Waals surface area contributed by atoms with Gasteiger partial charge in [-0.25, -0.2) is 0 Å². The summed E-state index contributed by atoms with van der Waals surface area (Å²) in [6, 6.07) is 0.0827. The maximum Gasteiger partial charge on any atom is 0.224 e. The molecular weight excluding hydrogens is 266 g/mol. The fraction of sp³-hybridized carbons (Fsp3) is 0.875. The number of hydrogen-bond donors (Lipinski definition) is 2. The molecule has 2 fully saturated rings. The molecule has 0 aromatic rings. The molecule has 0 bridgehead atoms. The first-order valence-electron chi connectivity index (χ1n) is 8.48. The molecule has 120 valence electrons. The van der Waals surface area contributed by atoms with Crippen molar-refractivity contribution in [3.05, 3.63) is 0 Å². The van der Waals surface area contributed by atoms with Gasteiger partial charge in [0.15, 0.2) is 0 Å². The molecule has 2 unspecified atom stereocenters. The minimum absolute atomic E-state index is 0.0376. The van der Waals surface area contributed by atoms with Crippen LogP contribution < -0.4 is 10.6 Å². The van der Waals surface area contributed by atoms with Gasteiger partial charge in [0.25, 0.3) is 0 Å². The molecule has 21 heavy (non-hydrogen) atoms. The third kappa shape index (κ3) is 3.76. The molecule has 0 radical (unpaired) electrons. The third-order valence-electron chi connectivity index (χ3n) is 4.79. The third-order valence-corrected chi connectivity index (χ3v) is 4.79. The minimum Gasteiger partial charge on any atom is -0.356 e. The van der Waals surface area contributed by atoms with Crippen molar-refractivity contribution < 1.29 is 9.59 Å². The highest BCUT2D eigenvalue weighted by Crippen LogP contribution is 2.35. The van der Waals surface area contributed by atoms with Crippen LogP contribution in [0.2, 0.25) is 0 Å². The molecule has 0 spiro atoms. The van der Waals surface area contributed by atoms with E-state index in [1.807, 2.05) is 13.8 Å². The van der Waals surface area contributed by atoms with E-state index in [0.29, 0.717) is 13.1 Å². The van der Waals surface area contributed by atoms with Crippen LogP contribution in [0.4, 0.5) is 0 Å². The van der Waals surface area contributed by atoms with Crippen LogP contribution in [0.1, 0.15) is 46.0 Å². The number of amides is 2. The Bertz CT molecular complexity index is 341. The van der Waals surface area contributed by atoms with E-state index in [0.717, 1.165) is 32.4 Å². The van der Waals surface area contributed by atoms with Gasteiger partial charge in [0.1, 0.15) is 0 Å². The second-order valence-corrected chi connectivity index (χ2v) is 6.17. The number of likely N-dealkylation sites (tertiary alicyclic amines) is 1. The van der Waals surface area contributed by atoms with Crippen LogP contribution in [0.15, 0.2) is 0 Å². The summed E-state index contributed by atoms with van der Waals surface area (Å²) in [5.74, 6) is 0.181. The Morgan fingerprint density at radius 3 is 1.81 bits per heavy atom. The van der Waals surface area contributed by atoms with Crippen molar-refractivity contribution in [2.45, 2.75) is 52.0 Å². The smallest absolute Gasteiger partial charge is 0.224 e. The van der Waals surface area contributed by atoms with Gasteiger partial charge in [-0.1, -0.05) is 6.42 Å². The van der Waals surface area contributed by atoms with Gasteiger partial charge in [-0.05, 0) is 52.6 Å². The maximum atomic E-state index is 12.4. The largest absolute Gasteiger partial charge is 0.356 e. The topological polar surface area (TPSA) is 61.4 Å². The Morgan fingerprint density at radius 2 is 1.38 bits per heavy atom. The molecule has 5 heteroatoms. The predicted octanol–water partition coefficient (Wildman–Crippen LogP) is 1.14. The Hall–Kier alpha value is -1.10. The van der Waals surface area contributed by atoms with Crippen molar-refractivity contribution in [2.75, 3.05) is 26.2 Å². The van der Waals surface area contributed by atoms with Crippen LogP contribution in [0.25, 0.3) is 0 Å². The number of carbonyl (C=O) groups is 2. The first kappa shape index (κ1) is 16.3. The fourth-order valence-corrected chi connectivity index (χ4v) is 3.91. The Morgan fingerprint density at radius 1 is 0.905 bits per heavy atom. The van der Waals surface area contributed by atoms with Crippen LogP contribution >= 0.6 is 0 Å². The normalized spacial score (nSPS) is 30.1. The second-order valence-electron chi connectivity index (χ2n) is 6.17. The lowest BCUT2D eigenvalue weighted by Gasteiger charge is -2.42. The van der Waals surface area contributed by atoms with Crippen LogP contribution in [0, 0.1) is 11.8 Å². The number of nitrogens with zero attached hydrogens (tertiary/aromatic N) is 1. The number of carbonyl (C=O) groups excluding carboxylic acids is 2. The summed E-state index contributed by atoms with van der Waals surface area (Å²) in [7, 11) is 0. The molecule has 1 saturated carbocycles. The molecule has 1 aliphatic carbocycles. The molecule has 1 heterocycles. The minimum atomic E-state index is -0.0376. The highest BCUT2D eigenvalue weighted by molar-refractivity contribution is 5.83. The Kier molecular flexibility index (Phi) is 6.03. The molecule has 2 amide bonds. The lowest BCUT2D eigenvalue weighted by atomic mass is 9.75. The van der Waals surface area contributed by atoms with Crippen molar-refractivity contribution >= 4 is 11.8 Å². The number of nitrogens with one attached hydrogen (secondary N) is 2. The van der Waals surface area contributed by atoms with Gasteiger partial charge in [0, 0.05) is 19.1 Å². The summed E-state index contributed by atoms with van der Waals surface area (Å²) in [4.78, 5) is 27.2. The first-order valence-corrected chi connectivity index (χ1v) is 8.48. The van der Waals surface area contributed by atoms with Crippen molar-refractivity contribution in [2.24, 2.45) is 11.8 Å². The van der Waals surface area contributed by atoms with Gasteiger partial charge in [0.2, 0.25) is 11.8 Å². The van der Waals surface area contributed by atoms with Gasteiger partial charge in [-0.2, -0.15) is 0 Å². The van der Waals surface area contributed by atoms with Crippen molar-refractivity contribution in [3.63, 3.8) is 0 Å². The van der Waals surface area contributed by atoms with Gasteiger partial charge in [-0.15, -0.1) is 0 Å². The summed E-state index contributed by atoms with van der Waals surface area (Å²) >= 11 is 0. The van der Waals surface area contributed by atoms with E-state index in [-0.39, 0.29) is 29.7 Å². The Balaban J connectivity index is 2.18.